The number of ketones is 2. The van der Waals surface area contributed by atoms with E-state index in [1.165, 1.54) is 48.5 Å². The molecule has 4 rings (SSSR count). The van der Waals surface area contributed by atoms with Crippen LogP contribution < -0.4 is 0 Å². The molecule has 0 bridgehead atoms. The summed E-state index contributed by atoms with van der Waals surface area (Å²) in [6, 6.07) is 21.1. The Morgan fingerprint density at radius 3 is 1.71 bits per heavy atom. The van der Waals surface area contributed by atoms with Crippen molar-refractivity contribution in [3.63, 3.8) is 0 Å². The molecular formula is C24H14F2O2. The smallest absolute Gasteiger partial charge is 0.193 e. The predicted molar refractivity (Wildman–Crippen MR) is 104 cm³/mol. The van der Waals surface area contributed by atoms with Crippen molar-refractivity contribution in [3.8, 4) is 0 Å². The van der Waals surface area contributed by atoms with Crippen LogP contribution in [-0.4, -0.2) is 11.6 Å². The summed E-state index contributed by atoms with van der Waals surface area (Å²) in [5.74, 6) is -1.25. The van der Waals surface area contributed by atoms with E-state index in [0.29, 0.717) is 27.6 Å². The Morgan fingerprint density at radius 1 is 0.571 bits per heavy atom. The summed E-state index contributed by atoms with van der Waals surface area (Å²) in [5, 5.41) is 1.44. The monoisotopic (exact) mass is 372 g/mol. The molecule has 0 spiro atoms. The minimum absolute atomic E-state index is 0.219. The molecule has 0 fully saturated rings. The van der Waals surface area contributed by atoms with Crippen molar-refractivity contribution in [2.45, 2.75) is 0 Å². The van der Waals surface area contributed by atoms with Crippen molar-refractivity contribution in [2.24, 2.45) is 0 Å². The fraction of sp³-hybridized carbons (Fsp3) is 0. The highest BCUT2D eigenvalue weighted by Gasteiger charge is 2.15. The van der Waals surface area contributed by atoms with Crippen LogP contribution in [0.2, 0.25) is 0 Å². The van der Waals surface area contributed by atoms with Crippen LogP contribution in [0.1, 0.15) is 31.8 Å². The Bertz CT molecular complexity index is 1190. The number of hydrogen-bond donors (Lipinski definition) is 0. The van der Waals surface area contributed by atoms with Crippen LogP contribution in [0.3, 0.4) is 0 Å². The van der Waals surface area contributed by atoms with E-state index in [9.17, 15) is 18.4 Å². The molecule has 28 heavy (non-hydrogen) atoms. The molecule has 0 aliphatic rings. The average molecular weight is 372 g/mol. The van der Waals surface area contributed by atoms with E-state index in [4.69, 9.17) is 0 Å². The van der Waals surface area contributed by atoms with E-state index in [0.717, 1.165) is 5.39 Å². The zero-order valence-corrected chi connectivity index (χ0v) is 14.7. The van der Waals surface area contributed by atoms with Gasteiger partial charge >= 0.3 is 0 Å². The highest BCUT2D eigenvalue weighted by Crippen LogP contribution is 2.24. The largest absolute Gasteiger partial charge is 0.289 e. The van der Waals surface area contributed by atoms with E-state index in [1.807, 2.05) is 6.07 Å². The standard InChI is InChI=1S/C24H14F2O2/c25-19-9-4-15(5-10-19)23(27)18-8-13-21-17(14-18)2-1-3-22(21)24(28)16-6-11-20(26)12-7-16/h1-14H. The number of rotatable bonds is 4. The first kappa shape index (κ1) is 17.7. The molecular weight excluding hydrogens is 358 g/mol. The summed E-state index contributed by atoms with van der Waals surface area (Å²) in [7, 11) is 0. The topological polar surface area (TPSA) is 34.1 Å². The molecule has 0 N–H and O–H groups in total. The highest BCUT2D eigenvalue weighted by atomic mass is 19.1. The third-order valence-corrected chi connectivity index (χ3v) is 4.60. The van der Waals surface area contributed by atoms with Crippen LogP contribution in [0.25, 0.3) is 10.8 Å². The van der Waals surface area contributed by atoms with Crippen molar-refractivity contribution in [1.29, 1.82) is 0 Å². The normalized spacial score (nSPS) is 10.8. The third kappa shape index (κ3) is 3.32. The Morgan fingerprint density at radius 2 is 1.11 bits per heavy atom. The molecule has 0 radical (unpaired) electrons. The van der Waals surface area contributed by atoms with Gasteiger partial charge in [0, 0.05) is 22.3 Å². The zero-order valence-electron chi connectivity index (χ0n) is 14.7. The minimum atomic E-state index is -0.404. The Labute approximate surface area is 160 Å². The maximum atomic E-state index is 13.1. The van der Waals surface area contributed by atoms with Gasteiger partial charge in [0.25, 0.3) is 0 Å². The van der Waals surface area contributed by atoms with Gasteiger partial charge in [-0.15, -0.1) is 0 Å². The van der Waals surface area contributed by atoms with Gasteiger partial charge in [-0.1, -0.05) is 30.3 Å². The Hall–Kier alpha value is -3.66. The van der Waals surface area contributed by atoms with E-state index in [2.05, 4.69) is 0 Å². The van der Waals surface area contributed by atoms with Crippen molar-refractivity contribution in [1.82, 2.24) is 0 Å². The van der Waals surface area contributed by atoms with Crippen LogP contribution in [0, 0.1) is 11.6 Å². The lowest BCUT2D eigenvalue weighted by molar-refractivity contribution is 0.103. The molecule has 4 aromatic rings. The molecule has 0 atom stereocenters. The van der Waals surface area contributed by atoms with Crippen LogP contribution in [0.5, 0.6) is 0 Å². The summed E-state index contributed by atoms with van der Waals surface area (Å²) >= 11 is 0. The fourth-order valence-electron chi connectivity index (χ4n) is 3.15. The van der Waals surface area contributed by atoms with Gasteiger partial charge in [0.05, 0.1) is 0 Å². The molecule has 0 unspecified atom stereocenters. The first-order valence-corrected chi connectivity index (χ1v) is 8.66. The van der Waals surface area contributed by atoms with Gasteiger partial charge < -0.3 is 0 Å². The number of carbonyl (C=O) groups is 2. The molecule has 0 aliphatic heterocycles. The third-order valence-electron chi connectivity index (χ3n) is 4.60. The molecule has 4 heteroatoms. The second-order valence-corrected chi connectivity index (χ2v) is 6.41. The number of fused-ring (bicyclic) bond motifs is 1. The van der Waals surface area contributed by atoms with Crippen molar-refractivity contribution in [3.05, 3.63) is 119 Å². The van der Waals surface area contributed by atoms with Gasteiger partial charge in [0.2, 0.25) is 0 Å². The lowest BCUT2D eigenvalue weighted by Crippen LogP contribution is -2.04. The quantitative estimate of drug-likeness (QED) is 0.438. The van der Waals surface area contributed by atoms with Crippen LogP contribution in [0.4, 0.5) is 8.78 Å². The van der Waals surface area contributed by atoms with E-state index in [1.54, 1.807) is 30.3 Å². The summed E-state index contributed by atoms with van der Waals surface area (Å²) in [5.41, 5.74) is 1.70. The number of hydrogen-bond acceptors (Lipinski definition) is 2. The van der Waals surface area contributed by atoms with Gasteiger partial charge in [-0.3, -0.25) is 9.59 Å². The van der Waals surface area contributed by atoms with Crippen LogP contribution >= 0.6 is 0 Å². The van der Waals surface area contributed by atoms with Crippen molar-refractivity contribution < 1.29 is 18.4 Å². The molecule has 0 saturated carbocycles. The van der Waals surface area contributed by atoms with E-state index < -0.39 is 11.6 Å². The van der Waals surface area contributed by atoms with Gasteiger partial charge in [0.15, 0.2) is 11.6 Å². The summed E-state index contributed by atoms with van der Waals surface area (Å²) in [6.07, 6.45) is 0. The maximum absolute atomic E-state index is 13.1. The summed E-state index contributed by atoms with van der Waals surface area (Å²) in [4.78, 5) is 25.5. The summed E-state index contributed by atoms with van der Waals surface area (Å²) in [6.45, 7) is 0. The molecule has 2 nitrogen and oxygen atoms in total. The SMILES string of the molecule is O=C(c1ccc(F)cc1)c1ccc2c(C(=O)c3ccc(F)cc3)cccc2c1. The second-order valence-electron chi connectivity index (χ2n) is 6.41. The minimum Gasteiger partial charge on any atom is -0.289 e. The van der Waals surface area contributed by atoms with Gasteiger partial charge in [-0.25, -0.2) is 8.78 Å². The molecule has 136 valence electrons. The average Bonchev–Trinajstić information content (AvgIpc) is 2.73. The first-order chi connectivity index (χ1) is 13.5. The molecule has 4 aromatic carbocycles. The lowest BCUT2D eigenvalue weighted by Gasteiger charge is -2.08. The van der Waals surface area contributed by atoms with Crippen LogP contribution in [0.15, 0.2) is 84.9 Å². The number of benzene rings is 4. The molecule has 0 amide bonds. The van der Waals surface area contributed by atoms with Crippen molar-refractivity contribution in [2.75, 3.05) is 0 Å². The Balaban J connectivity index is 1.74. The van der Waals surface area contributed by atoms with Crippen LogP contribution in [-0.2, 0) is 0 Å². The number of carbonyl (C=O) groups excluding carboxylic acids is 2. The van der Waals surface area contributed by atoms with E-state index in [-0.39, 0.29) is 11.6 Å². The Kier molecular flexibility index (Phi) is 4.53. The second kappa shape index (κ2) is 7.16. The van der Waals surface area contributed by atoms with Gasteiger partial charge in [0.1, 0.15) is 11.6 Å². The first-order valence-electron chi connectivity index (χ1n) is 8.66. The van der Waals surface area contributed by atoms with Gasteiger partial charge in [-0.2, -0.15) is 0 Å². The molecule has 0 aromatic heterocycles. The molecule has 0 heterocycles. The number of halogens is 2. The predicted octanol–water partition coefficient (Wildman–Crippen LogP) is 5.58. The fourth-order valence-corrected chi connectivity index (χ4v) is 3.15. The lowest BCUT2D eigenvalue weighted by atomic mass is 9.94. The summed E-state index contributed by atoms with van der Waals surface area (Å²) < 4.78 is 26.2. The van der Waals surface area contributed by atoms with Crippen molar-refractivity contribution >= 4 is 22.3 Å². The zero-order chi connectivity index (χ0) is 19.7. The van der Waals surface area contributed by atoms with E-state index >= 15 is 0 Å². The maximum Gasteiger partial charge on any atom is 0.193 e. The van der Waals surface area contributed by atoms with Gasteiger partial charge in [-0.05, 0) is 65.4 Å². The molecule has 0 aliphatic carbocycles. The highest BCUT2D eigenvalue weighted by molar-refractivity contribution is 6.17. The molecule has 0 saturated heterocycles.